The van der Waals surface area contributed by atoms with Crippen molar-refractivity contribution < 1.29 is 57.5 Å². The van der Waals surface area contributed by atoms with Crippen LogP contribution in [0.25, 0.3) is 29.1 Å². The summed E-state index contributed by atoms with van der Waals surface area (Å²) >= 11 is 15.6. The number of aliphatic hydroxyl groups is 2. The van der Waals surface area contributed by atoms with Crippen LogP contribution in [0.15, 0.2) is 132 Å². The van der Waals surface area contributed by atoms with E-state index < -0.39 is 76.6 Å². The number of nitrogens with zero attached hydrogens (tertiary/aromatic N) is 10. The molecule has 1 saturated heterocycles. The lowest BCUT2D eigenvalue weighted by Crippen LogP contribution is -2.48. The number of nitrogen functional groups attached to an aromatic ring is 1. The molecule has 570 valence electrons. The number of aliphatic hydroxyl groups excluding tert-OH is 1. The lowest BCUT2D eigenvalue weighted by molar-refractivity contribution is -0.120. The van der Waals surface area contributed by atoms with Crippen LogP contribution in [0.5, 0.6) is 0 Å². The van der Waals surface area contributed by atoms with Crippen molar-refractivity contribution >= 4 is 138 Å². The first-order chi connectivity index (χ1) is 51.6. The molecule has 0 unspecified atom stereocenters. The van der Waals surface area contributed by atoms with Gasteiger partial charge in [0.2, 0.25) is 0 Å². The van der Waals surface area contributed by atoms with E-state index in [1.807, 2.05) is 19.9 Å². The molecule has 1 heterocycles. The number of aliphatic imine (C=N–C) groups is 1. The summed E-state index contributed by atoms with van der Waals surface area (Å²) in [6, 6.07) is 31.8. The van der Waals surface area contributed by atoms with Crippen LogP contribution in [-0.2, 0) is 4.79 Å². The Hall–Kier alpha value is -12.6. The van der Waals surface area contributed by atoms with Gasteiger partial charge in [-0.1, -0.05) is 18.2 Å². The third kappa shape index (κ3) is 27.0. The number of thiocarbonyl (C=S) groups is 3. The third-order valence-electron chi connectivity index (χ3n) is 14.6. The molecule has 1 aliphatic rings. The maximum absolute atomic E-state index is 14.5. The second-order valence-electron chi connectivity index (χ2n) is 24.2. The van der Waals surface area contributed by atoms with Crippen molar-refractivity contribution in [2.45, 2.75) is 98.8 Å². The first kappa shape index (κ1) is 92.5. The van der Waals surface area contributed by atoms with Gasteiger partial charge in [0.15, 0.2) is 27.3 Å². The summed E-state index contributed by atoms with van der Waals surface area (Å²) in [6.45, 7) is 60.3. The molecule has 24 nitrogen and oxygen atoms in total. The second-order valence-corrected chi connectivity index (χ2v) is 25.1. The standard InChI is InChI=1S/C21H20FN5OS.C21H19FN4O2S.C12H14FN3O.C9H6N2S.C8H9FN2O.C4H7NO.CH3F.CH4O/c1-13-11-14(7-10-18(13)23-4)26-20(29)27(21(2,3)25-6)15-8-9-16(17(22)12-15)19(28)24-5;1-12-10-13(7-9-17(12)23-4)25-19(28)21(2,3)26(20(25)29)14-6-8-15(16(22)11-14)18(27)24-5;1-12(2,15-4)16-8-5-6-9(10(13)7-8)11(17)14-3;1-7-5-8(11-6-12)3-4-9(7)10-2;1-11-8(12)6-3-2-5(10)4-7(6)9;1-4(2,6)5-3;2*1-2/h7-12H,1-3,5H3,(H,24,28)(H,26,29);6-11H,1-3,5H3,(H,24,27);5-7,16H,1-3H3,(H,14,17);3-5H,1H3;2-4H,10H2,1H3,(H,11,12);6H,1-2H3;1H3;2H,1H3/i;;;;;;1D;. The average Bonchev–Trinajstić information content (AvgIpc) is 1.58. The number of carbonyl (C=O) groups excluding carboxylic acids is 5. The molecule has 7 aromatic rings. The monoisotopic (exact) mass is 1550 g/mol. The largest absolute Gasteiger partial charge is 0.400 e. The van der Waals surface area contributed by atoms with Crippen LogP contribution in [0.3, 0.4) is 0 Å². The third-order valence-corrected chi connectivity index (χ3v) is 15.3. The van der Waals surface area contributed by atoms with Gasteiger partial charge in [-0.25, -0.2) is 56.7 Å². The van der Waals surface area contributed by atoms with Crippen LogP contribution in [-0.4, -0.2) is 120 Å². The predicted octanol–water partition coefficient (Wildman–Crippen LogP) is 16.0. The van der Waals surface area contributed by atoms with E-state index in [-0.39, 0.29) is 38.4 Å². The number of aryl methyl sites for hydroxylation is 3. The average molecular weight is 1550 g/mol. The van der Waals surface area contributed by atoms with Crippen molar-refractivity contribution in [2.75, 3.05) is 73.5 Å². The summed E-state index contributed by atoms with van der Waals surface area (Å²) in [6.07, 6.45) is 0. The molecule has 5 amide bonds. The van der Waals surface area contributed by atoms with Gasteiger partial charge in [0.25, 0.3) is 35.2 Å². The number of isothiocyanates is 1. The first-order valence-electron chi connectivity index (χ1n) is 32.4. The van der Waals surface area contributed by atoms with Gasteiger partial charge in [-0.15, -0.1) is 0 Å². The molecule has 10 N–H and O–H groups in total. The number of nitrogens with one attached hydrogen (secondary N) is 6. The van der Waals surface area contributed by atoms with E-state index in [9.17, 15) is 45.9 Å². The molecule has 7 aromatic carbocycles. The van der Waals surface area contributed by atoms with Crippen molar-refractivity contribution in [3.63, 3.8) is 0 Å². The molecule has 1 aliphatic heterocycles. The van der Waals surface area contributed by atoms with Crippen molar-refractivity contribution in [3.05, 3.63) is 258 Å². The van der Waals surface area contributed by atoms with Crippen molar-refractivity contribution in [1.29, 1.82) is 0 Å². The Morgan fingerprint density at radius 2 is 1.00 bits per heavy atom. The number of rotatable bonds is 12. The van der Waals surface area contributed by atoms with E-state index in [4.69, 9.17) is 81.2 Å². The molecular weight excluding hydrogens is 1470 g/mol. The van der Waals surface area contributed by atoms with E-state index in [0.717, 1.165) is 35.6 Å². The second kappa shape index (κ2) is 43.7. The SMILES string of the molecule is CNC(=O)c1ccc(N)cc1F.CO.[2H]CF.[C-]#[N+]C(C)(C)Nc1ccc(C(=O)NC)c(F)c1.[C-]#[N+]C(C)(C)O.[C-]#[N+]c1ccc(N2C(=O)C(C)(C)N(c3ccc(C(=O)NC)c(F)c3)C2=S)cc1C.[C-]#[N+]c1ccc(N=C=S)cc1C.[C-]#[N+]c1ccc(NC(=S)N(c2ccc(C(=O)NC)c(F)c2)C(C)(C)[N+]#[C-])cc1C. The number of benzene rings is 7. The molecule has 0 aliphatic carbocycles. The fourth-order valence-electron chi connectivity index (χ4n) is 9.08. The highest BCUT2D eigenvalue weighted by atomic mass is 32.1. The minimum Gasteiger partial charge on any atom is -0.400 e. The maximum atomic E-state index is 14.5. The highest BCUT2D eigenvalue weighted by Crippen LogP contribution is 2.39. The van der Waals surface area contributed by atoms with Gasteiger partial charge in [-0.05, 0) is 197 Å². The molecule has 0 radical (unpaired) electrons. The number of halogens is 5. The number of amides is 5. The van der Waals surface area contributed by atoms with Crippen molar-refractivity contribution in [3.8, 4) is 0 Å². The van der Waals surface area contributed by atoms with Crippen molar-refractivity contribution in [1.82, 2.24) is 21.3 Å². The normalized spacial score (nSPS) is 11.3. The van der Waals surface area contributed by atoms with Crippen LogP contribution in [0.1, 0.15) is 115 Å². The van der Waals surface area contributed by atoms with E-state index >= 15 is 0 Å². The molecule has 0 saturated carbocycles. The zero-order valence-corrected chi connectivity index (χ0v) is 64.9. The topological polar surface area (TPSA) is 272 Å². The van der Waals surface area contributed by atoms with E-state index in [2.05, 4.69) is 83.3 Å². The molecule has 0 bridgehead atoms. The smallest absolute Gasteiger partial charge is 0.329 e. The summed E-state index contributed by atoms with van der Waals surface area (Å²) in [5.74, 6) is -4.91. The van der Waals surface area contributed by atoms with Gasteiger partial charge in [0, 0.05) is 105 Å². The highest BCUT2D eigenvalue weighted by molar-refractivity contribution is 7.81. The molecule has 0 aromatic heterocycles. The summed E-state index contributed by atoms with van der Waals surface area (Å²) in [7, 11) is 5.73. The first-order valence-corrected chi connectivity index (χ1v) is 32.9. The summed E-state index contributed by atoms with van der Waals surface area (Å²) in [5, 5.41) is 33.5. The molecule has 0 atom stereocenters. The summed E-state index contributed by atoms with van der Waals surface area (Å²) in [5.41, 5.74) is 8.47. The quantitative estimate of drug-likeness (QED) is 0.0181. The van der Waals surface area contributed by atoms with Gasteiger partial charge >= 0.3 is 11.4 Å². The number of hydrogen-bond acceptors (Lipinski definition) is 13. The van der Waals surface area contributed by atoms with Crippen LogP contribution >= 0.6 is 36.7 Å². The zero-order valence-electron chi connectivity index (χ0n) is 63.4. The van der Waals surface area contributed by atoms with Gasteiger partial charge in [-0.3, -0.25) is 47.8 Å². The van der Waals surface area contributed by atoms with Crippen LogP contribution in [0, 0.1) is 83.5 Å². The number of anilines is 6. The highest BCUT2D eigenvalue weighted by Gasteiger charge is 2.50. The lowest BCUT2D eigenvalue weighted by Gasteiger charge is -2.31. The van der Waals surface area contributed by atoms with Gasteiger partial charge in [0.1, 0.15) is 28.8 Å². The van der Waals surface area contributed by atoms with Crippen molar-refractivity contribution in [2.24, 2.45) is 4.99 Å². The Bertz CT molecular complexity index is 4840. The number of carbonyl (C=O) groups is 5. The zero-order chi connectivity index (χ0) is 84.4. The minimum atomic E-state index is -1.17. The van der Waals surface area contributed by atoms with Crippen LogP contribution in [0.2, 0.25) is 0 Å². The minimum absolute atomic E-state index is 0.00620. The number of nitrogens with two attached hydrogens (primary N) is 1. The maximum Gasteiger partial charge on any atom is 0.329 e. The van der Waals surface area contributed by atoms with Gasteiger partial charge in [0.05, 0.1) is 67.0 Å². The Balaban J connectivity index is 0.000000691. The molecule has 8 rings (SSSR count). The van der Waals surface area contributed by atoms with E-state index in [0.29, 0.717) is 51.2 Å². The molecule has 1 fully saturated rings. The number of alkyl halides is 1. The van der Waals surface area contributed by atoms with Gasteiger partial charge in [-0.2, -0.15) is 4.99 Å². The Labute approximate surface area is 649 Å². The fraction of sp³-hybridized carbons (Fsp3) is 0.273. The molecule has 0 spiro atoms. The fourth-order valence-corrected chi connectivity index (χ4v) is 10.2. The predicted molar refractivity (Wildman–Crippen MR) is 429 cm³/mol. The molecule has 109 heavy (non-hydrogen) atoms. The number of hydrogen-bond donors (Lipinski definition) is 9. The lowest BCUT2D eigenvalue weighted by atomic mass is 10.0. The van der Waals surface area contributed by atoms with E-state index in [1.54, 1.807) is 120 Å². The summed E-state index contributed by atoms with van der Waals surface area (Å²) in [4.78, 5) is 87.2. The van der Waals surface area contributed by atoms with Crippen LogP contribution in [0.4, 0.5) is 78.8 Å². The van der Waals surface area contributed by atoms with Crippen LogP contribution < -0.4 is 52.3 Å². The Morgan fingerprint density at radius 1 is 0.596 bits per heavy atom. The Morgan fingerprint density at radius 3 is 1.39 bits per heavy atom. The van der Waals surface area contributed by atoms with E-state index in [1.165, 1.54) is 100 Å². The van der Waals surface area contributed by atoms with Gasteiger partial charge < -0.3 is 52.7 Å². The summed E-state index contributed by atoms with van der Waals surface area (Å²) < 4.78 is 71.1. The molecule has 32 heteroatoms. The molecular formula is C77H82F5N17O7S3. The Kier molecular flexibility index (Phi) is 37.1.